The van der Waals surface area contributed by atoms with Gasteiger partial charge in [-0.3, -0.25) is 10.1 Å². The van der Waals surface area contributed by atoms with Gasteiger partial charge in [0.25, 0.3) is 5.69 Å². The average Bonchev–Trinajstić information content (AvgIpc) is 2.19. The minimum absolute atomic E-state index is 0.0919. The van der Waals surface area contributed by atoms with Gasteiger partial charge in [-0.15, -0.1) is 11.6 Å². The zero-order chi connectivity index (χ0) is 11.4. The Hall–Kier alpha value is -0.770. The number of nitrogens with zero attached hydrogens (tertiary/aromatic N) is 1. The van der Waals surface area contributed by atoms with Gasteiger partial charge in [0.1, 0.15) is 0 Å². The molecule has 80 valence electrons. The summed E-state index contributed by atoms with van der Waals surface area (Å²) in [5.41, 5.74) is 0.292. The van der Waals surface area contributed by atoms with Gasteiger partial charge in [-0.1, -0.05) is 35.4 Å². The summed E-state index contributed by atoms with van der Waals surface area (Å²) in [5, 5.41) is 11.1. The number of benzene rings is 1. The second kappa shape index (κ2) is 5.35. The van der Waals surface area contributed by atoms with E-state index in [4.69, 9.17) is 34.8 Å². The maximum absolute atomic E-state index is 10.7. The van der Waals surface area contributed by atoms with Crippen molar-refractivity contribution in [1.82, 2.24) is 0 Å². The summed E-state index contributed by atoms with van der Waals surface area (Å²) in [7, 11) is 0. The summed E-state index contributed by atoms with van der Waals surface area (Å²) >= 11 is 16.9. The molecule has 0 heterocycles. The van der Waals surface area contributed by atoms with Gasteiger partial charge in [0.15, 0.2) is 0 Å². The van der Waals surface area contributed by atoms with Crippen LogP contribution in [0, 0.1) is 10.1 Å². The minimum atomic E-state index is -0.518. The summed E-state index contributed by atoms with van der Waals surface area (Å²) in [4.78, 5) is 10.2. The summed E-state index contributed by atoms with van der Waals surface area (Å²) in [6, 6.07) is 2.66. The highest BCUT2D eigenvalue weighted by Gasteiger charge is 2.14. The average molecular weight is 267 g/mol. The molecule has 0 atom stereocenters. The lowest BCUT2D eigenvalue weighted by Crippen LogP contribution is -1.91. The number of hydrogen-bond acceptors (Lipinski definition) is 2. The van der Waals surface area contributed by atoms with E-state index in [1.54, 1.807) is 6.08 Å². The molecule has 0 aromatic heterocycles. The van der Waals surface area contributed by atoms with E-state index in [0.29, 0.717) is 5.56 Å². The SMILES string of the molecule is O=[N+]([O-])c1cc(Cl)c(Cl)cc1C=CCCl. The maximum Gasteiger partial charge on any atom is 0.278 e. The fourth-order valence-corrected chi connectivity index (χ4v) is 1.43. The van der Waals surface area contributed by atoms with Crippen LogP contribution >= 0.6 is 34.8 Å². The third-order valence-electron chi connectivity index (χ3n) is 1.65. The zero-order valence-corrected chi connectivity index (χ0v) is 9.68. The first-order valence-electron chi connectivity index (χ1n) is 3.92. The molecule has 0 aliphatic heterocycles. The molecule has 0 saturated heterocycles. The third kappa shape index (κ3) is 3.09. The van der Waals surface area contributed by atoms with Crippen LogP contribution in [0.5, 0.6) is 0 Å². The molecule has 3 nitrogen and oxygen atoms in total. The van der Waals surface area contributed by atoms with Crippen LogP contribution in [0.15, 0.2) is 18.2 Å². The minimum Gasteiger partial charge on any atom is -0.258 e. The lowest BCUT2D eigenvalue weighted by Gasteiger charge is -2.00. The van der Waals surface area contributed by atoms with E-state index in [0.717, 1.165) is 0 Å². The Labute approximate surface area is 101 Å². The molecule has 15 heavy (non-hydrogen) atoms. The molecule has 0 aliphatic rings. The normalized spacial score (nSPS) is 10.9. The Kier molecular flexibility index (Phi) is 4.39. The van der Waals surface area contributed by atoms with Crippen LogP contribution < -0.4 is 0 Å². The van der Waals surface area contributed by atoms with E-state index in [1.165, 1.54) is 18.2 Å². The molecule has 0 aliphatic carbocycles. The van der Waals surface area contributed by atoms with Gasteiger partial charge in [0.2, 0.25) is 0 Å². The van der Waals surface area contributed by atoms with Crippen LogP contribution in [0.3, 0.4) is 0 Å². The topological polar surface area (TPSA) is 43.1 Å². The molecule has 0 fully saturated rings. The Balaban J connectivity index is 3.28. The molecule has 0 bridgehead atoms. The first kappa shape index (κ1) is 12.3. The summed E-state index contributed by atoms with van der Waals surface area (Å²) in [6.07, 6.45) is 3.13. The largest absolute Gasteiger partial charge is 0.278 e. The second-order valence-corrected chi connectivity index (χ2v) is 3.76. The Morgan fingerprint density at radius 3 is 2.47 bits per heavy atom. The van der Waals surface area contributed by atoms with E-state index in [1.807, 2.05) is 0 Å². The number of nitro benzene ring substituents is 1. The van der Waals surface area contributed by atoms with Crippen LogP contribution in [-0.2, 0) is 0 Å². The Morgan fingerprint density at radius 2 is 1.93 bits per heavy atom. The molecule has 1 rings (SSSR count). The standard InChI is InChI=1S/C9H6Cl3NO2/c10-3-1-2-6-4-7(11)8(12)5-9(6)13(14)15/h1-2,4-5H,3H2. The molecule has 1 aromatic rings. The van der Waals surface area contributed by atoms with E-state index >= 15 is 0 Å². The van der Waals surface area contributed by atoms with Gasteiger partial charge in [0, 0.05) is 11.9 Å². The fraction of sp³-hybridized carbons (Fsp3) is 0.111. The highest BCUT2D eigenvalue weighted by molar-refractivity contribution is 6.42. The van der Waals surface area contributed by atoms with Crippen molar-refractivity contribution in [3.05, 3.63) is 43.9 Å². The lowest BCUT2D eigenvalue weighted by molar-refractivity contribution is -0.385. The number of halogens is 3. The van der Waals surface area contributed by atoms with Crippen LogP contribution in [0.1, 0.15) is 5.56 Å². The van der Waals surface area contributed by atoms with E-state index in [9.17, 15) is 10.1 Å². The van der Waals surface area contributed by atoms with E-state index in [2.05, 4.69) is 0 Å². The molecule has 1 aromatic carbocycles. The third-order valence-corrected chi connectivity index (χ3v) is 2.55. The predicted octanol–water partition coefficient (Wildman–Crippen LogP) is 4.15. The molecule has 0 N–H and O–H groups in total. The molecular weight excluding hydrogens is 260 g/mol. The van der Waals surface area contributed by atoms with Gasteiger partial charge in [-0.2, -0.15) is 0 Å². The zero-order valence-electron chi connectivity index (χ0n) is 7.41. The van der Waals surface area contributed by atoms with Crippen LogP contribution in [0.4, 0.5) is 5.69 Å². The monoisotopic (exact) mass is 265 g/mol. The Morgan fingerprint density at radius 1 is 1.33 bits per heavy atom. The van der Waals surface area contributed by atoms with Crippen molar-refractivity contribution in [3.63, 3.8) is 0 Å². The number of rotatable bonds is 3. The molecule has 0 unspecified atom stereocenters. The molecule has 6 heteroatoms. The molecule has 0 spiro atoms. The molecular formula is C9H6Cl3NO2. The highest BCUT2D eigenvalue weighted by atomic mass is 35.5. The van der Waals surface area contributed by atoms with Crippen LogP contribution in [0.2, 0.25) is 10.0 Å². The first-order chi connectivity index (χ1) is 7.06. The van der Waals surface area contributed by atoms with E-state index in [-0.39, 0.29) is 21.6 Å². The van der Waals surface area contributed by atoms with E-state index < -0.39 is 4.92 Å². The predicted molar refractivity (Wildman–Crippen MR) is 62.9 cm³/mol. The van der Waals surface area contributed by atoms with Gasteiger partial charge < -0.3 is 0 Å². The highest BCUT2D eigenvalue weighted by Crippen LogP contribution is 2.31. The van der Waals surface area contributed by atoms with Gasteiger partial charge in [0.05, 0.1) is 20.5 Å². The second-order valence-electron chi connectivity index (χ2n) is 2.64. The Bertz CT molecular complexity index is 418. The van der Waals surface area contributed by atoms with Crippen molar-refractivity contribution in [3.8, 4) is 0 Å². The first-order valence-corrected chi connectivity index (χ1v) is 5.21. The van der Waals surface area contributed by atoms with Crippen molar-refractivity contribution in [2.75, 3.05) is 5.88 Å². The summed E-state index contributed by atoms with van der Waals surface area (Å²) in [5.74, 6) is 0.275. The lowest BCUT2D eigenvalue weighted by atomic mass is 10.1. The number of hydrogen-bond donors (Lipinski definition) is 0. The van der Waals surface area contributed by atoms with Gasteiger partial charge >= 0.3 is 0 Å². The van der Waals surface area contributed by atoms with Crippen molar-refractivity contribution in [1.29, 1.82) is 0 Å². The summed E-state index contributed by atoms with van der Waals surface area (Å²) in [6.45, 7) is 0. The fourth-order valence-electron chi connectivity index (χ4n) is 1.01. The summed E-state index contributed by atoms with van der Waals surface area (Å²) < 4.78 is 0. The number of nitro groups is 1. The number of alkyl halides is 1. The van der Waals surface area contributed by atoms with Gasteiger partial charge in [-0.05, 0) is 6.07 Å². The quantitative estimate of drug-likeness (QED) is 0.468. The van der Waals surface area contributed by atoms with Gasteiger partial charge in [-0.25, -0.2) is 0 Å². The van der Waals surface area contributed by atoms with Crippen molar-refractivity contribution >= 4 is 46.6 Å². The van der Waals surface area contributed by atoms with Crippen LogP contribution in [0.25, 0.3) is 6.08 Å². The van der Waals surface area contributed by atoms with Crippen LogP contribution in [-0.4, -0.2) is 10.8 Å². The maximum atomic E-state index is 10.7. The molecule has 0 radical (unpaired) electrons. The van der Waals surface area contributed by atoms with Crippen molar-refractivity contribution in [2.45, 2.75) is 0 Å². The molecule has 0 saturated carbocycles. The smallest absolute Gasteiger partial charge is 0.258 e. The van der Waals surface area contributed by atoms with Crippen molar-refractivity contribution in [2.24, 2.45) is 0 Å². The number of allylic oxidation sites excluding steroid dienone is 1. The van der Waals surface area contributed by atoms with Crippen molar-refractivity contribution < 1.29 is 4.92 Å². The molecule has 0 amide bonds.